The smallest absolute Gasteiger partial charge is 0.277 e. The lowest BCUT2D eigenvalue weighted by molar-refractivity contribution is -0.129. The number of nitrogens with zero attached hydrogens (tertiary/aromatic N) is 4. The van der Waals surface area contributed by atoms with Crippen LogP contribution in [0.2, 0.25) is 0 Å². The van der Waals surface area contributed by atoms with Gasteiger partial charge in [-0.2, -0.15) is 0 Å². The highest BCUT2D eigenvalue weighted by Gasteiger charge is 2.28. The molecule has 8 heteroatoms. The Morgan fingerprint density at radius 1 is 1.26 bits per heavy atom. The Kier molecular flexibility index (Phi) is 5.09. The molecule has 0 spiro atoms. The average molecular weight is 423 g/mol. The molecule has 2 aromatic heterocycles. The van der Waals surface area contributed by atoms with E-state index in [0.717, 1.165) is 42.8 Å². The molecular weight excluding hydrogens is 397 g/mol. The van der Waals surface area contributed by atoms with E-state index < -0.39 is 0 Å². The van der Waals surface area contributed by atoms with Crippen LogP contribution >= 0.6 is 0 Å². The first kappa shape index (κ1) is 19.9. The number of rotatable bonds is 3. The van der Waals surface area contributed by atoms with Gasteiger partial charge in [0, 0.05) is 32.5 Å². The van der Waals surface area contributed by atoms with Crippen LogP contribution in [-0.2, 0) is 24.3 Å². The quantitative estimate of drug-likeness (QED) is 0.703. The molecule has 2 aliphatic heterocycles. The standard InChI is InChI=1S/C23H26FN5O2/c1-15(30)27-10-8-19-18(14-27)23(31)29-22(25-19)12-20(26-29)21-7-2-3-9-28(21)13-16-5-4-6-17(24)11-16/h4-6,11-12,21,26H,2-3,7-10,13-14H2,1H3/t21-/m0/s1. The number of hydrogen-bond acceptors (Lipinski definition) is 4. The monoisotopic (exact) mass is 423 g/mol. The van der Waals surface area contributed by atoms with Crippen LogP contribution in [0.4, 0.5) is 4.39 Å². The third-order valence-electron chi connectivity index (χ3n) is 6.47. The Bertz CT molecular complexity index is 1200. The van der Waals surface area contributed by atoms with Gasteiger partial charge in [0.2, 0.25) is 5.91 Å². The van der Waals surface area contributed by atoms with Crippen LogP contribution in [0.5, 0.6) is 0 Å². The molecule has 4 heterocycles. The van der Waals surface area contributed by atoms with Crippen LogP contribution in [-0.4, -0.2) is 43.4 Å². The van der Waals surface area contributed by atoms with Crippen LogP contribution in [0.25, 0.3) is 5.65 Å². The number of likely N-dealkylation sites (tertiary alicyclic amines) is 1. The SMILES string of the molecule is CC(=O)N1CCc2nc3cc([C@@H]4CCCCN4Cc4cccc(F)c4)[nH]n3c(=O)c2C1. The lowest BCUT2D eigenvalue weighted by Crippen LogP contribution is -2.39. The van der Waals surface area contributed by atoms with Crippen molar-refractivity contribution in [3.05, 3.63) is 69.0 Å². The van der Waals surface area contributed by atoms with Gasteiger partial charge in [0.15, 0.2) is 5.65 Å². The third kappa shape index (κ3) is 3.76. The van der Waals surface area contributed by atoms with Crippen LogP contribution in [0, 0.1) is 5.82 Å². The van der Waals surface area contributed by atoms with Gasteiger partial charge >= 0.3 is 0 Å². The van der Waals surface area contributed by atoms with E-state index >= 15 is 0 Å². The molecule has 1 saturated heterocycles. The van der Waals surface area contributed by atoms with E-state index in [9.17, 15) is 14.0 Å². The minimum absolute atomic E-state index is 0.0301. The molecule has 3 aromatic rings. The molecule has 31 heavy (non-hydrogen) atoms. The predicted octanol–water partition coefficient (Wildman–Crippen LogP) is 2.79. The van der Waals surface area contributed by atoms with E-state index in [2.05, 4.69) is 10.00 Å². The van der Waals surface area contributed by atoms with Gasteiger partial charge in [-0.05, 0) is 37.1 Å². The van der Waals surface area contributed by atoms with Crippen molar-refractivity contribution < 1.29 is 9.18 Å². The molecule has 162 valence electrons. The van der Waals surface area contributed by atoms with Crippen molar-refractivity contribution in [1.29, 1.82) is 0 Å². The topological polar surface area (TPSA) is 73.7 Å². The zero-order valence-electron chi connectivity index (χ0n) is 17.6. The van der Waals surface area contributed by atoms with Crippen molar-refractivity contribution >= 4 is 11.6 Å². The number of carbonyl (C=O) groups excluding carboxylic acids is 1. The minimum Gasteiger partial charge on any atom is -0.338 e. The van der Waals surface area contributed by atoms with Crippen molar-refractivity contribution in [2.45, 2.75) is 51.7 Å². The van der Waals surface area contributed by atoms with E-state index in [0.29, 0.717) is 37.3 Å². The molecule has 0 radical (unpaired) electrons. The number of carbonyl (C=O) groups is 1. The lowest BCUT2D eigenvalue weighted by atomic mass is 9.98. The van der Waals surface area contributed by atoms with Gasteiger partial charge in [0.1, 0.15) is 5.82 Å². The summed E-state index contributed by atoms with van der Waals surface area (Å²) in [6, 6.07) is 8.81. The Morgan fingerprint density at radius 3 is 2.94 bits per heavy atom. The average Bonchev–Trinajstić information content (AvgIpc) is 3.18. The van der Waals surface area contributed by atoms with E-state index in [4.69, 9.17) is 4.98 Å². The second-order valence-electron chi connectivity index (χ2n) is 8.55. The fourth-order valence-corrected chi connectivity index (χ4v) is 4.84. The Labute approximate surface area is 179 Å². The van der Waals surface area contributed by atoms with Gasteiger partial charge in [-0.25, -0.2) is 13.9 Å². The van der Waals surface area contributed by atoms with Gasteiger partial charge in [-0.15, -0.1) is 0 Å². The predicted molar refractivity (Wildman–Crippen MR) is 114 cm³/mol. The Balaban J connectivity index is 1.48. The number of hydrogen-bond donors (Lipinski definition) is 1. The summed E-state index contributed by atoms with van der Waals surface area (Å²) in [7, 11) is 0. The number of benzene rings is 1. The summed E-state index contributed by atoms with van der Waals surface area (Å²) in [6.45, 7) is 4.00. The fraction of sp³-hybridized carbons (Fsp3) is 0.435. The summed E-state index contributed by atoms with van der Waals surface area (Å²) in [5.41, 5.74) is 3.75. The number of amides is 1. The number of aromatic amines is 1. The molecule has 1 atom stereocenters. The summed E-state index contributed by atoms with van der Waals surface area (Å²) in [5.74, 6) is -0.255. The first-order chi connectivity index (χ1) is 15.0. The molecular formula is C23H26FN5O2. The number of fused-ring (bicyclic) bond motifs is 2. The molecule has 1 amide bonds. The number of piperidine rings is 1. The largest absolute Gasteiger partial charge is 0.338 e. The highest BCUT2D eigenvalue weighted by Crippen LogP contribution is 2.32. The van der Waals surface area contributed by atoms with Gasteiger partial charge in [-0.1, -0.05) is 18.6 Å². The third-order valence-corrected chi connectivity index (χ3v) is 6.47. The van der Waals surface area contributed by atoms with Crippen LogP contribution in [0.3, 0.4) is 0 Å². The van der Waals surface area contributed by atoms with Crippen molar-refractivity contribution in [3.8, 4) is 0 Å². The van der Waals surface area contributed by atoms with Crippen molar-refractivity contribution in [2.75, 3.05) is 13.1 Å². The van der Waals surface area contributed by atoms with E-state index in [1.54, 1.807) is 17.0 Å². The first-order valence-corrected chi connectivity index (χ1v) is 10.9. The molecule has 7 nitrogen and oxygen atoms in total. The van der Waals surface area contributed by atoms with E-state index in [-0.39, 0.29) is 23.3 Å². The number of H-pyrrole nitrogens is 1. The Hall–Kier alpha value is -3.00. The highest BCUT2D eigenvalue weighted by molar-refractivity contribution is 5.73. The van der Waals surface area contributed by atoms with Crippen LogP contribution in [0.15, 0.2) is 35.1 Å². The molecule has 2 aliphatic rings. The molecule has 0 bridgehead atoms. The summed E-state index contributed by atoms with van der Waals surface area (Å²) in [5, 5.41) is 3.28. The van der Waals surface area contributed by atoms with E-state index in [1.807, 2.05) is 12.1 Å². The molecule has 0 unspecified atom stereocenters. The Morgan fingerprint density at radius 2 is 2.13 bits per heavy atom. The number of aromatic nitrogens is 3. The molecule has 1 fully saturated rings. The maximum atomic E-state index is 13.7. The number of nitrogens with one attached hydrogen (secondary N) is 1. The lowest BCUT2D eigenvalue weighted by Gasteiger charge is -2.35. The van der Waals surface area contributed by atoms with Crippen LogP contribution < -0.4 is 5.56 Å². The molecule has 5 rings (SSSR count). The summed E-state index contributed by atoms with van der Waals surface area (Å²) in [4.78, 5) is 33.7. The zero-order valence-corrected chi connectivity index (χ0v) is 17.6. The van der Waals surface area contributed by atoms with Crippen molar-refractivity contribution in [2.24, 2.45) is 0 Å². The zero-order chi connectivity index (χ0) is 21.5. The molecule has 0 aliphatic carbocycles. The first-order valence-electron chi connectivity index (χ1n) is 10.9. The second kappa shape index (κ2) is 7.92. The van der Waals surface area contributed by atoms with Crippen LogP contribution in [0.1, 0.15) is 54.7 Å². The van der Waals surface area contributed by atoms with Gasteiger partial charge < -0.3 is 4.90 Å². The van der Waals surface area contributed by atoms with Gasteiger partial charge in [0.25, 0.3) is 5.56 Å². The van der Waals surface area contributed by atoms with Gasteiger partial charge in [-0.3, -0.25) is 19.6 Å². The fourth-order valence-electron chi connectivity index (χ4n) is 4.84. The maximum absolute atomic E-state index is 13.7. The van der Waals surface area contributed by atoms with Crippen molar-refractivity contribution in [1.82, 2.24) is 24.4 Å². The summed E-state index contributed by atoms with van der Waals surface area (Å²) in [6.07, 6.45) is 3.76. The second-order valence-corrected chi connectivity index (χ2v) is 8.55. The summed E-state index contributed by atoms with van der Waals surface area (Å²) < 4.78 is 15.2. The number of halogens is 1. The maximum Gasteiger partial charge on any atom is 0.277 e. The van der Waals surface area contributed by atoms with Gasteiger partial charge in [0.05, 0.1) is 29.5 Å². The molecule has 1 aromatic carbocycles. The molecule has 1 N–H and O–H groups in total. The minimum atomic E-state index is -0.224. The van der Waals surface area contributed by atoms with E-state index in [1.165, 1.54) is 17.5 Å². The normalized spacial score (nSPS) is 19.5. The summed E-state index contributed by atoms with van der Waals surface area (Å²) >= 11 is 0. The van der Waals surface area contributed by atoms with Crippen molar-refractivity contribution in [3.63, 3.8) is 0 Å². The molecule has 0 saturated carbocycles. The highest BCUT2D eigenvalue weighted by atomic mass is 19.1.